The Morgan fingerprint density at radius 1 is 1.03 bits per heavy atom. The standard InChI is InChI=1S/C26H18FN5O2/c27-18-11-9-16(10-12-18)25-17(14-28-31-25)15-29-32-26(34)21-13-23(20-6-2-4-8-24(20)33)30-22-7-3-1-5-19(21)22/h1-15,33H,(H,28,31)(H,32,34)/b29-15-. The molecule has 2 aromatic heterocycles. The van der Waals surface area contributed by atoms with Crippen LogP contribution < -0.4 is 5.43 Å². The SMILES string of the molecule is O=C(N/N=C\c1cn[nH]c1-c1ccc(F)cc1)c1cc(-c2ccccc2O)nc2ccccc12. The van der Waals surface area contributed by atoms with Crippen molar-refractivity contribution >= 4 is 23.0 Å². The van der Waals surface area contributed by atoms with Crippen molar-refractivity contribution < 1.29 is 14.3 Å². The van der Waals surface area contributed by atoms with Crippen molar-refractivity contribution in [3.8, 4) is 28.3 Å². The van der Waals surface area contributed by atoms with Crippen molar-refractivity contribution in [2.75, 3.05) is 0 Å². The number of hydrogen-bond acceptors (Lipinski definition) is 5. The number of fused-ring (bicyclic) bond motifs is 1. The van der Waals surface area contributed by atoms with Crippen LogP contribution in [-0.4, -0.2) is 32.4 Å². The number of aromatic hydroxyl groups is 1. The molecule has 5 rings (SSSR count). The Balaban J connectivity index is 1.45. The zero-order chi connectivity index (χ0) is 23.5. The fraction of sp³-hybridized carbons (Fsp3) is 0. The summed E-state index contributed by atoms with van der Waals surface area (Å²) >= 11 is 0. The van der Waals surface area contributed by atoms with Crippen molar-refractivity contribution in [3.05, 3.63) is 102 Å². The van der Waals surface area contributed by atoms with E-state index in [4.69, 9.17) is 0 Å². The molecule has 0 radical (unpaired) electrons. The van der Waals surface area contributed by atoms with E-state index in [-0.39, 0.29) is 11.6 Å². The van der Waals surface area contributed by atoms with E-state index >= 15 is 0 Å². The summed E-state index contributed by atoms with van der Waals surface area (Å²) < 4.78 is 13.2. The van der Waals surface area contributed by atoms with Gasteiger partial charge in [-0.3, -0.25) is 9.89 Å². The van der Waals surface area contributed by atoms with Gasteiger partial charge in [-0.05, 0) is 48.5 Å². The zero-order valence-electron chi connectivity index (χ0n) is 17.7. The van der Waals surface area contributed by atoms with Gasteiger partial charge in [0.05, 0.1) is 34.9 Å². The van der Waals surface area contributed by atoms with Gasteiger partial charge in [0, 0.05) is 22.1 Å². The molecule has 0 saturated carbocycles. The number of rotatable bonds is 5. The number of H-pyrrole nitrogens is 1. The molecule has 0 saturated heterocycles. The maximum Gasteiger partial charge on any atom is 0.272 e. The van der Waals surface area contributed by atoms with Gasteiger partial charge in [-0.15, -0.1) is 0 Å². The van der Waals surface area contributed by atoms with Crippen LogP contribution >= 0.6 is 0 Å². The molecule has 1 amide bonds. The highest BCUT2D eigenvalue weighted by atomic mass is 19.1. The van der Waals surface area contributed by atoms with E-state index in [0.717, 1.165) is 5.56 Å². The Bertz CT molecular complexity index is 1530. The minimum Gasteiger partial charge on any atom is -0.507 e. The van der Waals surface area contributed by atoms with Crippen molar-refractivity contribution in [2.24, 2.45) is 5.10 Å². The average Bonchev–Trinajstić information content (AvgIpc) is 3.32. The predicted octanol–water partition coefficient (Wildman–Crippen LogP) is 4.90. The third kappa shape index (κ3) is 4.12. The molecule has 0 aliphatic rings. The number of hydrogen-bond donors (Lipinski definition) is 3. The molecule has 5 aromatic rings. The lowest BCUT2D eigenvalue weighted by molar-refractivity contribution is 0.0956. The number of aromatic amines is 1. The molecule has 0 atom stereocenters. The van der Waals surface area contributed by atoms with Crippen LogP contribution in [0.3, 0.4) is 0 Å². The van der Waals surface area contributed by atoms with Crippen LogP contribution in [0.25, 0.3) is 33.4 Å². The van der Waals surface area contributed by atoms with E-state index in [1.54, 1.807) is 60.8 Å². The van der Waals surface area contributed by atoms with Crippen molar-refractivity contribution in [1.82, 2.24) is 20.6 Å². The lowest BCUT2D eigenvalue weighted by Gasteiger charge is -2.10. The number of halogens is 1. The Morgan fingerprint density at radius 3 is 2.62 bits per heavy atom. The van der Waals surface area contributed by atoms with Crippen LogP contribution in [0.15, 0.2) is 90.2 Å². The van der Waals surface area contributed by atoms with Gasteiger partial charge >= 0.3 is 0 Å². The van der Waals surface area contributed by atoms with Gasteiger partial charge in [0.25, 0.3) is 5.91 Å². The first-order valence-electron chi connectivity index (χ1n) is 10.4. The van der Waals surface area contributed by atoms with Crippen LogP contribution in [0, 0.1) is 5.82 Å². The molecule has 34 heavy (non-hydrogen) atoms. The second-order valence-corrected chi connectivity index (χ2v) is 7.50. The summed E-state index contributed by atoms with van der Waals surface area (Å²) in [5.41, 5.74) is 6.54. The van der Waals surface area contributed by atoms with E-state index in [0.29, 0.717) is 39.0 Å². The average molecular weight is 451 g/mol. The predicted molar refractivity (Wildman–Crippen MR) is 128 cm³/mol. The summed E-state index contributed by atoms with van der Waals surface area (Å²) in [7, 11) is 0. The first kappa shape index (κ1) is 21.0. The summed E-state index contributed by atoms with van der Waals surface area (Å²) in [4.78, 5) is 17.7. The number of phenolic OH excluding ortho intramolecular Hbond substituents is 1. The highest BCUT2D eigenvalue weighted by Gasteiger charge is 2.15. The molecule has 8 heteroatoms. The maximum absolute atomic E-state index is 13.2. The maximum atomic E-state index is 13.2. The number of phenols is 1. The molecule has 2 heterocycles. The van der Waals surface area contributed by atoms with E-state index < -0.39 is 5.91 Å². The number of benzene rings is 3. The number of aromatic nitrogens is 3. The molecule has 0 aliphatic heterocycles. The van der Waals surface area contributed by atoms with Gasteiger partial charge in [0.15, 0.2) is 0 Å². The Morgan fingerprint density at radius 2 is 1.79 bits per heavy atom. The summed E-state index contributed by atoms with van der Waals surface area (Å²) in [5.74, 6) is -0.695. The molecule has 3 N–H and O–H groups in total. The second-order valence-electron chi connectivity index (χ2n) is 7.50. The monoisotopic (exact) mass is 451 g/mol. The number of carbonyl (C=O) groups excluding carboxylic acids is 1. The molecule has 0 bridgehead atoms. The fourth-order valence-corrected chi connectivity index (χ4v) is 3.65. The number of nitrogens with zero attached hydrogens (tertiary/aromatic N) is 3. The largest absolute Gasteiger partial charge is 0.507 e. The van der Waals surface area contributed by atoms with Crippen molar-refractivity contribution in [3.63, 3.8) is 0 Å². The molecule has 0 aliphatic carbocycles. The summed E-state index contributed by atoms with van der Waals surface area (Å²) in [6.07, 6.45) is 3.03. The van der Waals surface area contributed by atoms with Crippen LogP contribution in [0.5, 0.6) is 5.75 Å². The molecule has 0 spiro atoms. The Kier molecular flexibility index (Phi) is 5.53. The number of pyridine rings is 1. The number of nitrogens with one attached hydrogen (secondary N) is 2. The summed E-state index contributed by atoms with van der Waals surface area (Å²) in [6, 6.07) is 21.7. The van der Waals surface area contributed by atoms with Gasteiger partial charge < -0.3 is 5.11 Å². The van der Waals surface area contributed by atoms with Gasteiger partial charge in [-0.25, -0.2) is 14.8 Å². The number of amides is 1. The topological polar surface area (TPSA) is 103 Å². The molecule has 0 fully saturated rings. The van der Waals surface area contributed by atoms with Gasteiger partial charge in [-0.2, -0.15) is 10.2 Å². The summed E-state index contributed by atoms with van der Waals surface area (Å²) in [6.45, 7) is 0. The van der Waals surface area contributed by atoms with Crippen LogP contribution in [0.1, 0.15) is 15.9 Å². The van der Waals surface area contributed by atoms with Crippen molar-refractivity contribution in [1.29, 1.82) is 0 Å². The minimum atomic E-state index is -0.432. The zero-order valence-corrected chi connectivity index (χ0v) is 17.7. The molecular formula is C26H18FN5O2. The quantitative estimate of drug-likeness (QED) is 0.261. The molecule has 0 unspecified atom stereocenters. The van der Waals surface area contributed by atoms with Gasteiger partial charge in [0.1, 0.15) is 11.6 Å². The van der Waals surface area contributed by atoms with Crippen LogP contribution in [-0.2, 0) is 0 Å². The van der Waals surface area contributed by atoms with E-state index in [9.17, 15) is 14.3 Å². The lowest BCUT2D eigenvalue weighted by atomic mass is 10.0. The number of carbonyl (C=O) groups is 1. The molecule has 3 aromatic carbocycles. The first-order chi connectivity index (χ1) is 16.6. The van der Waals surface area contributed by atoms with Crippen LogP contribution in [0.2, 0.25) is 0 Å². The molecular weight excluding hydrogens is 433 g/mol. The molecule has 166 valence electrons. The van der Waals surface area contributed by atoms with Crippen LogP contribution in [0.4, 0.5) is 4.39 Å². The third-order valence-electron chi connectivity index (χ3n) is 5.31. The van der Waals surface area contributed by atoms with E-state index in [2.05, 4.69) is 25.7 Å². The highest BCUT2D eigenvalue weighted by molar-refractivity contribution is 6.07. The Labute approximate surface area is 193 Å². The fourth-order valence-electron chi connectivity index (χ4n) is 3.65. The number of hydrazone groups is 1. The first-order valence-corrected chi connectivity index (χ1v) is 10.4. The highest BCUT2D eigenvalue weighted by Crippen LogP contribution is 2.30. The normalized spacial score (nSPS) is 11.2. The van der Waals surface area contributed by atoms with Gasteiger partial charge in [0.2, 0.25) is 0 Å². The van der Waals surface area contributed by atoms with E-state index in [1.165, 1.54) is 18.3 Å². The second kappa shape index (κ2) is 8.95. The smallest absolute Gasteiger partial charge is 0.272 e. The van der Waals surface area contributed by atoms with Crippen molar-refractivity contribution in [2.45, 2.75) is 0 Å². The Hall–Kier alpha value is -4.85. The molecule has 7 nitrogen and oxygen atoms in total. The van der Waals surface area contributed by atoms with Gasteiger partial charge in [-0.1, -0.05) is 30.3 Å². The lowest BCUT2D eigenvalue weighted by Crippen LogP contribution is -2.18. The number of para-hydroxylation sites is 2. The van der Waals surface area contributed by atoms with E-state index in [1.807, 2.05) is 12.1 Å². The third-order valence-corrected chi connectivity index (χ3v) is 5.31. The minimum absolute atomic E-state index is 0.0722. The summed E-state index contributed by atoms with van der Waals surface area (Å²) in [5, 5.41) is 21.9.